The van der Waals surface area contributed by atoms with Crippen LogP contribution in [0.1, 0.15) is 16.9 Å². The number of rotatable bonds is 4. The summed E-state index contributed by atoms with van der Waals surface area (Å²) in [4.78, 5) is 29.4. The summed E-state index contributed by atoms with van der Waals surface area (Å²) in [6.07, 6.45) is 0.226. The Morgan fingerprint density at radius 3 is 2.71 bits per heavy atom. The molecule has 6 nitrogen and oxygen atoms in total. The summed E-state index contributed by atoms with van der Waals surface area (Å²) < 4.78 is 5.18. The minimum atomic E-state index is -0.447. The molecule has 2 amide bonds. The predicted octanol–water partition coefficient (Wildman–Crippen LogP) is 1.37. The lowest BCUT2D eigenvalue weighted by molar-refractivity contribution is -0.135. The summed E-state index contributed by atoms with van der Waals surface area (Å²) in [7, 11) is 0. The van der Waals surface area contributed by atoms with Crippen LogP contribution in [-0.4, -0.2) is 54.5 Å². The number of pyridine rings is 1. The number of carbonyl (C=O) groups excluding carboxylic acids is 2. The second-order valence-electron chi connectivity index (χ2n) is 4.46. The summed E-state index contributed by atoms with van der Waals surface area (Å²) in [6.45, 7) is 2.52. The molecule has 0 radical (unpaired) electrons. The van der Waals surface area contributed by atoms with Gasteiger partial charge < -0.3 is 15.0 Å². The van der Waals surface area contributed by atoms with Gasteiger partial charge in [-0.1, -0.05) is 23.2 Å². The van der Waals surface area contributed by atoms with Crippen molar-refractivity contribution >= 4 is 35.0 Å². The van der Waals surface area contributed by atoms with Crippen LogP contribution >= 0.6 is 23.2 Å². The van der Waals surface area contributed by atoms with Gasteiger partial charge in [0.25, 0.3) is 5.91 Å². The third-order valence-corrected chi connectivity index (χ3v) is 3.53. The van der Waals surface area contributed by atoms with Gasteiger partial charge in [0, 0.05) is 26.1 Å². The molecule has 21 heavy (non-hydrogen) atoms. The normalized spacial score (nSPS) is 14.9. The minimum Gasteiger partial charge on any atom is -0.378 e. The van der Waals surface area contributed by atoms with Crippen molar-refractivity contribution in [3.63, 3.8) is 0 Å². The van der Waals surface area contributed by atoms with Crippen molar-refractivity contribution in [2.45, 2.75) is 6.42 Å². The Hall–Kier alpha value is -1.37. The van der Waals surface area contributed by atoms with Gasteiger partial charge in [0.2, 0.25) is 5.91 Å². The maximum atomic E-state index is 11.9. The van der Waals surface area contributed by atoms with Crippen LogP contribution in [0.15, 0.2) is 12.1 Å². The molecule has 8 heteroatoms. The molecule has 0 atom stereocenters. The zero-order chi connectivity index (χ0) is 15.2. The van der Waals surface area contributed by atoms with Gasteiger partial charge >= 0.3 is 0 Å². The van der Waals surface area contributed by atoms with Crippen LogP contribution in [0.25, 0.3) is 0 Å². The first kappa shape index (κ1) is 16.0. The van der Waals surface area contributed by atoms with Crippen LogP contribution in [0.2, 0.25) is 10.2 Å². The smallest absolute Gasteiger partial charge is 0.271 e. The Labute approximate surface area is 132 Å². The third-order valence-electron chi connectivity index (χ3n) is 3.02. The molecule has 2 heterocycles. The molecule has 2 rings (SSSR count). The summed E-state index contributed by atoms with van der Waals surface area (Å²) in [5.74, 6) is -0.457. The highest BCUT2D eigenvalue weighted by Crippen LogP contribution is 2.16. The molecular formula is C13H15Cl2N3O3. The molecule has 114 valence electrons. The molecule has 1 aromatic heterocycles. The van der Waals surface area contributed by atoms with Gasteiger partial charge in [-0.05, 0) is 12.1 Å². The molecule has 0 spiro atoms. The number of halogens is 2. The van der Waals surface area contributed by atoms with E-state index in [1.807, 2.05) is 0 Å². The first-order valence-corrected chi connectivity index (χ1v) is 7.29. The van der Waals surface area contributed by atoms with E-state index in [4.69, 9.17) is 27.9 Å². The number of nitrogens with zero attached hydrogens (tertiary/aromatic N) is 2. The zero-order valence-corrected chi connectivity index (χ0v) is 12.8. The summed E-state index contributed by atoms with van der Waals surface area (Å²) in [5, 5.41) is 3.02. The standard InChI is InChI=1S/C13H15Cl2N3O3/c14-9-1-2-10(15)17-12(9)13(20)16-4-3-11(19)18-5-7-21-8-6-18/h1-2H,3-8H2,(H,16,20). The highest BCUT2D eigenvalue weighted by Gasteiger charge is 2.17. The number of carbonyl (C=O) groups is 2. The fourth-order valence-electron chi connectivity index (χ4n) is 1.92. The van der Waals surface area contributed by atoms with Crippen molar-refractivity contribution < 1.29 is 14.3 Å². The van der Waals surface area contributed by atoms with E-state index in [-0.39, 0.29) is 34.7 Å². The van der Waals surface area contributed by atoms with Gasteiger partial charge in [-0.2, -0.15) is 0 Å². The fraction of sp³-hybridized carbons (Fsp3) is 0.462. The van der Waals surface area contributed by atoms with Crippen molar-refractivity contribution in [2.75, 3.05) is 32.8 Å². The first-order chi connectivity index (χ1) is 10.1. The molecule has 1 aliphatic rings. The molecule has 1 fully saturated rings. The van der Waals surface area contributed by atoms with Crippen molar-refractivity contribution in [3.8, 4) is 0 Å². The summed E-state index contributed by atoms with van der Waals surface area (Å²) >= 11 is 11.6. The van der Waals surface area contributed by atoms with Gasteiger partial charge in [-0.3, -0.25) is 9.59 Å². The Morgan fingerprint density at radius 1 is 1.29 bits per heavy atom. The van der Waals surface area contributed by atoms with Gasteiger partial charge in [0.15, 0.2) is 0 Å². The van der Waals surface area contributed by atoms with Gasteiger partial charge in [-0.25, -0.2) is 4.98 Å². The van der Waals surface area contributed by atoms with Crippen LogP contribution in [0.5, 0.6) is 0 Å². The monoisotopic (exact) mass is 331 g/mol. The lowest BCUT2D eigenvalue weighted by atomic mass is 10.3. The lowest BCUT2D eigenvalue weighted by Crippen LogP contribution is -2.42. The minimum absolute atomic E-state index is 0.0104. The molecule has 0 saturated carbocycles. The molecule has 0 aromatic carbocycles. The first-order valence-electron chi connectivity index (χ1n) is 6.53. The highest BCUT2D eigenvalue weighted by atomic mass is 35.5. The quantitative estimate of drug-likeness (QED) is 0.846. The van der Waals surface area contributed by atoms with E-state index >= 15 is 0 Å². The van der Waals surface area contributed by atoms with Crippen LogP contribution in [0, 0.1) is 0 Å². The third kappa shape index (κ3) is 4.56. The average Bonchev–Trinajstić information content (AvgIpc) is 2.50. The Balaban J connectivity index is 1.81. The fourth-order valence-corrected chi connectivity index (χ4v) is 2.25. The molecule has 1 N–H and O–H groups in total. The molecule has 0 aliphatic carbocycles. The van der Waals surface area contributed by atoms with Crippen molar-refractivity contribution in [1.82, 2.24) is 15.2 Å². The Kier molecular flexibility index (Phi) is 5.78. The summed E-state index contributed by atoms with van der Waals surface area (Å²) in [5.41, 5.74) is 0.0583. The van der Waals surface area contributed by atoms with E-state index in [2.05, 4.69) is 10.3 Å². The van der Waals surface area contributed by atoms with E-state index in [0.29, 0.717) is 26.3 Å². The predicted molar refractivity (Wildman–Crippen MR) is 78.6 cm³/mol. The number of morpholine rings is 1. The molecule has 1 saturated heterocycles. The number of hydrogen-bond acceptors (Lipinski definition) is 4. The molecule has 1 aliphatic heterocycles. The topological polar surface area (TPSA) is 71.5 Å². The molecule has 0 bridgehead atoms. The van der Waals surface area contributed by atoms with Gasteiger partial charge in [-0.15, -0.1) is 0 Å². The number of hydrogen-bond donors (Lipinski definition) is 1. The van der Waals surface area contributed by atoms with Crippen molar-refractivity contribution in [1.29, 1.82) is 0 Å². The second kappa shape index (κ2) is 7.59. The average molecular weight is 332 g/mol. The lowest BCUT2D eigenvalue weighted by Gasteiger charge is -2.26. The van der Waals surface area contributed by atoms with Gasteiger partial charge in [0.1, 0.15) is 10.8 Å². The number of amides is 2. The van der Waals surface area contributed by atoms with E-state index < -0.39 is 5.91 Å². The summed E-state index contributed by atoms with van der Waals surface area (Å²) in [6, 6.07) is 3.01. The highest BCUT2D eigenvalue weighted by molar-refractivity contribution is 6.34. The van der Waals surface area contributed by atoms with E-state index in [1.165, 1.54) is 12.1 Å². The van der Waals surface area contributed by atoms with E-state index in [9.17, 15) is 9.59 Å². The molecule has 1 aromatic rings. The molecular weight excluding hydrogens is 317 g/mol. The van der Waals surface area contributed by atoms with Crippen molar-refractivity contribution in [3.05, 3.63) is 28.0 Å². The van der Waals surface area contributed by atoms with E-state index in [1.54, 1.807) is 4.90 Å². The van der Waals surface area contributed by atoms with Crippen LogP contribution in [0.4, 0.5) is 0 Å². The second-order valence-corrected chi connectivity index (χ2v) is 5.26. The SMILES string of the molecule is O=C(NCCC(=O)N1CCOCC1)c1nc(Cl)ccc1Cl. The molecule has 0 unspecified atom stereocenters. The number of nitrogens with one attached hydrogen (secondary N) is 1. The van der Waals surface area contributed by atoms with Gasteiger partial charge in [0.05, 0.1) is 18.2 Å². The van der Waals surface area contributed by atoms with Crippen LogP contribution < -0.4 is 5.32 Å². The van der Waals surface area contributed by atoms with Crippen LogP contribution in [0.3, 0.4) is 0 Å². The number of aromatic nitrogens is 1. The maximum absolute atomic E-state index is 11.9. The maximum Gasteiger partial charge on any atom is 0.271 e. The zero-order valence-electron chi connectivity index (χ0n) is 11.3. The Bertz CT molecular complexity index is 533. The van der Waals surface area contributed by atoms with Crippen molar-refractivity contribution in [2.24, 2.45) is 0 Å². The largest absolute Gasteiger partial charge is 0.378 e. The van der Waals surface area contributed by atoms with E-state index in [0.717, 1.165) is 0 Å². The number of ether oxygens (including phenoxy) is 1. The Morgan fingerprint density at radius 2 is 2.00 bits per heavy atom. The van der Waals surface area contributed by atoms with Crippen LogP contribution in [-0.2, 0) is 9.53 Å².